The van der Waals surface area contributed by atoms with Crippen molar-refractivity contribution in [3.05, 3.63) is 28.8 Å². The summed E-state index contributed by atoms with van der Waals surface area (Å²) >= 11 is 5.74. The third kappa shape index (κ3) is 3.10. The third-order valence-electron chi connectivity index (χ3n) is 1.95. The highest BCUT2D eigenvalue weighted by molar-refractivity contribution is 6.30. The smallest absolute Gasteiger partial charge is 0.106 e. The van der Waals surface area contributed by atoms with E-state index in [1.165, 1.54) is 18.2 Å². The van der Waals surface area contributed by atoms with Gasteiger partial charge in [-0.25, -0.2) is 0 Å². The van der Waals surface area contributed by atoms with E-state index in [4.69, 9.17) is 22.6 Å². The highest BCUT2D eigenvalue weighted by Gasteiger charge is 2.18. The number of nitriles is 1. The fourth-order valence-electron chi connectivity index (χ4n) is 1.23. The number of nitrogens with zero attached hydrogens (tertiary/aromatic N) is 1. The van der Waals surface area contributed by atoms with Crippen LogP contribution in [0.25, 0.3) is 0 Å². The van der Waals surface area contributed by atoms with Gasteiger partial charge in [0.2, 0.25) is 0 Å². The zero-order chi connectivity index (χ0) is 11.4. The second kappa shape index (κ2) is 4.99. The molecule has 4 nitrogen and oxygen atoms in total. The van der Waals surface area contributed by atoms with Gasteiger partial charge in [-0.15, -0.1) is 0 Å². The fourth-order valence-corrected chi connectivity index (χ4v) is 1.49. The van der Waals surface area contributed by atoms with Crippen molar-refractivity contribution in [1.82, 2.24) is 0 Å². The van der Waals surface area contributed by atoms with Crippen molar-refractivity contribution >= 4 is 17.3 Å². The molecule has 4 N–H and O–H groups in total. The molecule has 2 unspecified atom stereocenters. The molecule has 0 amide bonds. The van der Waals surface area contributed by atoms with Gasteiger partial charge >= 0.3 is 0 Å². The van der Waals surface area contributed by atoms with Crippen LogP contribution in [0.1, 0.15) is 18.1 Å². The lowest BCUT2D eigenvalue weighted by Crippen LogP contribution is -2.17. The van der Waals surface area contributed by atoms with Crippen molar-refractivity contribution in [2.75, 3.05) is 5.73 Å². The number of anilines is 1. The maximum absolute atomic E-state index is 9.65. The summed E-state index contributed by atoms with van der Waals surface area (Å²) in [4.78, 5) is 0. The lowest BCUT2D eigenvalue weighted by atomic mass is 10.0. The maximum Gasteiger partial charge on any atom is 0.106 e. The Hall–Kier alpha value is -1.28. The first kappa shape index (κ1) is 11.8. The molecule has 0 fully saturated rings. The predicted molar refractivity (Wildman–Crippen MR) is 57.1 cm³/mol. The second-order valence-electron chi connectivity index (χ2n) is 3.19. The Morgan fingerprint density at radius 2 is 2.07 bits per heavy atom. The van der Waals surface area contributed by atoms with Gasteiger partial charge < -0.3 is 15.9 Å². The summed E-state index contributed by atoms with van der Waals surface area (Å²) in [5.41, 5.74) is 6.34. The Morgan fingerprint density at radius 3 is 2.60 bits per heavy atom. The number of rotatable bonds is 3. The first-order valence-electron chi connectivity index (χ1n) is 4.33. The largest absolute Gasteiger partial charge is 0.399 e. The number of benzene rings is 1. The molecule has 0 heterocycles. The molecular weight excluding hydrogens is 216 g/mol. The topological polar surface area (TPSA) is 90.3 Å². The fraction of sp³-hybridized carbons (Fsp3) is 0.300. The Bertz CT molecular complexity index is 369. The second-order valence-corrected chi connectivity index (χ2v) is 3.63. The molecule has 0 saturated carbocycles. The van der Waals surface area contributed by atoms with E-state index in [1.807, 2.05) is 0 Å². The molecule has 1 aromatic rings. The Labute approximate surface area is 92.5 Å². The molecule has 5 heteroatoms. The number of aliphatic hydroxyl groups excluding tert-OH is 2. The molecule has 0 bridgehead atoms. The van der Waals surface area contributed by atoms with Gasteiger partial charge in [-0.3, -0.25) is 0 Å². The molecule has 1 aromatic carbocycles. The van der Waals surface area contributed by atoms with Crippen LogP contribution in [0.3, 0.4) is 0 Å². The minimum atomic E-state index is -1.15. The lowest BCUT2D eigenvalue weighted by molar-refractivity contribution is 0.0217. The van der Waals surface area contributed by atoms with Crippen LogP contribution in [0.15, 0.2) is 18.2 Å². The van der Waals surface area contributed by atoms with E-state index >= 15 is 0 Å². The van der Waals surface area contributed by atoms with Gasteiger partial charge in [0.25, 0.3) is 0 Å². The standard InChI is InChI=1S/C10H11ClN2O2/c11-7-3-6(4-8(13)5-7)10(15)9(14)1-2-12/h3-5,9-10,14-15H,1,13H2. The van der Waals surface area contributed by atoms with Crippen LogP contribution < -0.4 is 5.73 Å². The Morgan fingerprint density at radius 1 is 1.40 bits per heavy atom. The van der Waals surface area contributed by atoms with Crippen molar-refractivity contribution in [2.45, 2.75) is 18.6 Å². The molecule has 0 spiro atoms. The normalized spacial score (nSPS) is 14.3. The summed E-state index contributed by atoms with van der Waals surface area (Å²) < 4.78 is 0. The lowest BCUT2D eigenvalue weighted by Gasteiger charge is -2.16. The summed E-state index contributed by atoms with van der Waals surface area (Å²) in [6.07, 6.45) is -2.42. The van der Waals surface area contributed by atoms with Gasteiger partial charge in [0.05, 0.1) is 18.6 Å². The summed E-state index contributed by atoms with van der Waals surface area (Å²) in [5, 5.41) is 27.8. The van der Waals surface area contributed by atoms with Crippen molar-refractivity contribution in [3.63, 3.8) is 0 Å². The minimum Gasteiger partial charge on any atom is -0.399 e. The monoisotopic (exact) mass is 226 g/mol. The minimum absolute atomic E-state index is 0.145. The van der Waals surface area contributed by atoms with Crippen LogP contribution in [0.2, 0.25) is 5.02 Å². The molecule has 2 atom stereocenters. The predicted octanol–water partition coefficient (Wildman–Crippen LogP) is 1.23. The van der Waals surface area contributed by atoms with Gasteiger partial charge in [-0.2, -0.15) is 5.26 Å². The molecule has 0 radical (unpaired) electrons. The molecule has 0 aliphatic carbocycles. The van der Waals surface area contributed by atoms with E-state index in [2.05, 4.69) is 0 Å². The summed E-state index contributed by atoms with van der Waals surface area (Å²) in [6.45, 7) is 0. The molecule has 0 aromatic heterocycles. The van der Waals surface area contributed by atoms with Crippen molar-refractivity contribution < 1.29 is 10.2 Å². The van der Waals surface area contributed by atoms with Crippen molar-refractivity contribution in [1.29, 1.82) is 5.26 Å². The van der Waals surface area contributed by atoms with Gasteiger partial charge in [0.15, 0.2) is 0 Å². The van der Waals surface area contributed by atoms with Crippen LogP contribution in [0.4, 0.5) is 5.69 Å². The zero-order valence-corrected chi connectivity index (χ0v) is 8.65. The Kier molecular flexibility index (Phi) is 3.92. The molecule has 1 rings (SSSR count). The number of nitrogen functional groups attached to an aromatic ring is 1. The number of aliphatic hydroxyl groups is 2. The highest BCUT2D eigenvalue weighted by Crippen LogP contribution is 2.24. The van der Waals surface area contributed by atoms with E-state index < -0.39 is 12.2 Å². The number of halogens is 1. The molecule has 0 aliphatic rings. The van der Waals surface area contributed by atoms with Gasteiger partial charge in [-0.1, -0.05) is 11.6 Å². The van der Waals surface area contributed by atoms with Crippen LogP contribution in [-0.4, -0.2) is 16.3 Å². The van der Waals surface area contributed by atoms with Gasteiger partial charge in [0.1, 0.15) is 6.10 Å². The number of hydrogen-bond acceptors (Lipinski definition) is 4. The van der Waals surface area contributed by atoms with E-state index in [0.717, 1.165) is 0 Å². The van der Waals surface area contributed by atoms with E-state index in [1.54, 1.807) is 6.07 Å². The SMILES string of the molecule is N#CCC(O)C(O)c1cc(N)cc(Cl)c1. The highest BCUT2D eigenvalue weighted by atomic mass is 35.5. The maximum atomic E-state index is 9.65. The first-order chi connectivity index (χ1) is 7.04. The molecule has 80 valence electrons. The van der Waals surface area contributed by atoms with Crippen LogP contribution >= 0.6 is 11.6 Å². The zero-order valence-electron chi connectivity index (χ0n) is 7.89. The molecule has 0 aliphatic heterocycles. The molecular formula is C10H11ClN2O2. The van der Waals surface area contributed by atoms with Crippen LogP contribution in [0, 0.1) is 11.3 Å². The number of nitrogens with two attached hydrogens (primary N) is 1. The summed E-state index contributed by atoms with van der Waals surface area (Å²) in [7, 11) is 0. The quantitative estimate of drug-likeness (QED) is 0.676. The number of hydrogen-bond donors (Lipinski definition) is 3. The van der Waals surface area contributed by atoms with E-state index in [9.17, 15) is 10.2 Å². The summed E-state index contributed by atoms with van der Waals surface area (Å²) in [6, 6.07) is 6.32. The average Bonchev–Trinajstić information content (AvgIpc) is 2.15. The average molecular weight is 227 g/mol. The van der Waals surface area contributed by atoms with Gasteiger partial charge in [0, 0.05) is 10.7 Å². The van der Waals surface area contributed by atoms with Crippen molar-refractivity contribution in [2.24, 2.45) is 0 Å². The van der Waals surface area contributed by atoms with Crippen LogP contribution in [-0.2, 0) is 0 Å². The van der Waals surface area contributed by atoms with Gasteiger partial charge in [-0.05, 0) is 23.8 Å². The van der Waals surface area contributed by atoms with Crippen LogP contribution in [0.5, 0.6) is 0 Å². The Balaban J connectivity index is 2.91. The molecule has 15 heavy (non-hydrogen) atoms. The van der Waals surface area contributed by atoms with Crippen molar-refractivity contribution in [3.8, 4) is 6.07 Å². The van der Waals surface area contributed by atoms with E-state index in [0.29, 0.717) is 16.3 Å². The first-order valence-corrected chi connectivity index (χ1v) is 4.71. The molecule has 0 saturated heterocycles. The summed E-state index contributed by atoms with van der Waals surface area (Å²) in [5.74, 6) is 0. The van der Waals surface area contributed by atoms with E-state index in [-0.39, 0.29) is 6.42 Å². The third-order valence-corrected chi connectivity index (χ3v) is 2.17.